The second-order valence-electron chi connectivity index (χ2n) is 7.23. The van der Waals surface area contributed by atoms with Crippen LogP contribution in [0.25, 0.3) is 0 Å². The molecule has 1 aliphatic rings. The standard InChI is InChI=1S/C17H25N3O4S/c1-10-12(14(22)24-5)25-16(18-10)19-13(21)11-6-8-20(9-7-11)15(23)17(2,3)4/h11H,6-9H2,1-5H3,(H,18,19,21). The van der Waals surface area contributed by atoms with Gasteiger partial charge in [-0.25, -0.2) is 9.78 Å². The van der Waals surface area contributed by atoms with Gasteiger partial charge < -0.3 is 15.0 Å². The van der Waals surface area contributed by atoms with Crippen LogP contribution in [0.2, 0.25) is 0 Å². The molecule has 1 N–H and O–H groups in total. The first-order valence-electron chi connectivity index (χ1n) is 8.29. The molecule has 0 saturated carbocycles. The predicted octanol–water partition coefficient (Wildman–Crippen LogP) is 2.46. The molecule has 7 nitrogen and oxygen atoms in total. The molecule has 0 unspecified atom stereocenters. The van der Waals surface area contributed by atoms with Crippen molar-refractivity contribution in [2.24, 2.45) is 11.3 Å². The van der Waals surface area contributed by atoms with Crippen LogP contribution in [-0.4, -0.2) is 47.9 Å². The first kappa shape index (κ1) is 19.4. The van der Waals surface area contributed by atoms with Gasteiger partial charge in [-0.1, -0.05) is 32.1 Å². The Hall–Kier alpha value is -1.96. The highest BCUT2D eigenvalue weighted by Gasteiger charge is 2.32. The zero-order chi connectivity index (χ0) is 18.8. The Morgan fingerprint density at radius 3 is 2.36 bits per heavy atom. The number of esters is 1. The van der Waals surface area contributed by atoms with E-state index in [0.29, 0.717) is 41.6 Å². The molecule has 8 heteroatoms. The molecule has 2 rings (SSSR count). The second kappa shape index (κ2) is 7.51. The minimum Gasteiger partial charge on any atom is -0.465 e. The van der Waals surface area contributed by atoms with Crippen molar-refractivity contribution in [3.8, 4) is 0 Å². The maximum atomic E-state index is 12.4. The minimum atomic E-state index is -0.454. The summed E-state index contributed by atoms with van der Waals surface area (Å²) >= 11 is 1.11. The number of carbonyl (C=O) groups excluding carboxylic acids is 3. The third kappa shape index (κ3) is 4.56. The first-order chi connectivity index (χ1) is 11.6. The quantitative estimate of drug-likeness (QED) is 0.829. The van der Waals surface area contributed by atoms with E-state index >= 15 is 0 Å². The lowest BCUT2D eigenvalue weighted by Crippen LogP contribution is -2.45. The van der Waals surface area contributed by atoms with Gasteiger partial charge >= 0.3 is 5.97 Å². The van der Waals surface area contributed by atoms with Crippen LogP contribution in [0, 0.1) is 18.3 Å². The summed E-state index contributed by atoms with van der Waals surface area (Å²) in [5.74, 6) is -0.614. The van der Waals surface area contributed by atoms with Gasteiger partial charge in [0.05, 0.1) is 12.8 Å². The molecular weight excluding hydrogens is 342 g/mol. The van der Waals surface area contributed by atoms with E-state index < -0.39 is 11.4 Å². The Bertz CT molecular complexity index is 670. The highest BCUT2D eigenvalue weighted by molar-refractivity contribution is 7.17. The summed E-state index contributed by atoms with van der Waals surface area (Å²) in [6, 6.07) is 0. The van der Waals surface area contributed by atoms with E-state index in [-0.39, 0.29) is 17.7 Å². The van der Waals surface area contributed by atoms with Gasteiger partial charge in [0, 0.05) is 24.4 Å². The number of anilines is 1. The summed E-state index contributed by atoms with van der Waals surface area (Å²) in [5.41, 5.74) is 0.135. The van der Waals surface area contributed by atoms with E-state index in [2.05, 4.69) is 10.3 Å². The number of aryl methyl sites for hydroxylation is 1. The predicted molar refractivity (Wildman–Crippen MR) is 95.6 cm³/mol. The van der Waals surface area contributed by atoms with Crippen molar-refractivity contribution < 1.29 is 19.1 Å². The van der Waals surface area contributed by atoms with Crippen LogP contribution >= 0.6 is 11.3 Å². The summed E-state index contributed by atoms with van der Waals surface area (Å²) in [7, 11) is 1.31. The molecule has 1 aliphatic heterocycles. The summed E-state index contributed by atoms with van der Waals surface area (Å²) in [5, 5.41) is 3.18. The van der Waals surface area contributed by atoms with E-state index in [1.165, 1.54) is 7.11 Å². The summed E-state index contributed by atoms with van der Waals surface area (Å²) < 4.78 is 4.69. The van der Waals surface area contributed by atoms with Crippen LogP contribution in [0.4, 0.5) is 5.13 Å². The molecule has 0 atom stereocenters. The number of thiazole rings is 1. The van der Waals surface area contributed by atoms with Crippen LogP contribution in [0.1, 0.15) is 49.0 Å². The smallest absolute Gasteiger partial charge is 0.350 e. The molecule has 2 heterocycles. The van der Waals surface area contributed by atoms with E-state index in [9.17, 15) is 14.4 Å². The molecule has 0 aliphatic carbocycles. The molecular formula is C17H25N3O4S. The van der Waals surface area contributed by atoms with Crippen molar-refractivity contribution >= 4 is 34.3 Å². The number of likely N-dealkylation sites (tertiary alicyclic amines) is 1. The SMILES string of the molecule is COC(=O)c1sc(NC(=O)C2CCN(C(=O)C(C)(C)C)CC2)nc1C. The van der Waals surface area contributed by atoms with Crippen molar-refractivity contribution in [1.29, 1.82) is 0 Å². The van der Waals surface area contributed by atoms with Gasteiger partial charge in [0.1, 0.15) is 4.88 Å². The number of nitrogens with zero attached hydrogens (tertiary/aromatic N) is 2. The number of amides is 2. The molecule has 1 fully saturated rings. The number of nitrogens with one attached hydrogen (secondary N) is 1. The fraction of sp³-hybridized carbons (Fsp3) is 0.647. The largest absolute Gasteiger partial charge is 0.465 e. The van der Waals surface area contributed by atoms with Gasteiger partial charge in [-0.2, -0.15) is 0 Å². The van der Waals surface area contributed by atoms with Crippen LogP contribution in [0.3, 0.4) is 0 Å². The van der Waals surface area contributed by atoms with Gasteiger partial charge in [0.2, 0.25) is 11.8 Å². The van der Waals surface area contributed by atoms with E-state index in [1.54, 1.807) is 6.92 Å². The molecule has 0 radical (unpaired) electrons. The number of hydrogen-bond donors (Lipinski definition) is 1. The lowest BCUT2D eigenvalue weighted by atomic mass is 9.91. The van der Waals surface area contributed by atoms with Crippen LogP contribution in [0.5, 0.6) is 0 Å². The van der Waals surface area contributed by atoms with Crippen LogP contribution < -0.4 is 5.32 Å². The van der Waals surface area contributed by atoms with E-state index in [1.807, 2.05) is 25.7 Å². The minimum absolute atomic E-state index is 0.115. The molecule has 138 valence electrons. The van der Waals surface area contributed by atoms with Gasteiger partial charge in [-0.3, -0.25) is 9.59 Å². The molecule has 0 bridgehead atoms. The highest BCUT2D eigenvalue weighted by atomic mass is 32.1. The van der Waals surface area contributed by atoms with Gasteiger partial charge in [0.15, 0.2) is 5.13 Å². The van der Waals surface area contributed by atoms with Gasteiger partial charge in [-0.05, 0) is 19.8 Å². The zero-order valence-corrected chi connectivity index (χ0v) is 16.2. The van der Waals surface area contributed by atoms with E-state index in [4.69, 9.17) is 4.74 Å². The lowest BCUT2D eigenvalue weighted by Gasteiger charge is -2.35. The lowest BCUT2D eigenvalue weighted by molar-refractivity contribution is -0.142. The van der Waals surface area contributed by atoms with Crippen molar-refractivity contribution in [3.63, 3.8) is 0 Å². The number of methoxy groups -OCH3 is 1. The second-order valence-corrected chi connectivity index (χ2v) is 8.23. The molecule has 1 aromatic heterocycles. The van der Waals surface area contributed by atoms with Gasteiger partial charge in [-0.15, -0.1) is 0 Å². The Morgan fingerprint density at radius 2 is 1.84 bits per heavy atom. The Labute approximate surface area is 151 Å². The third-order valence-electron chi connectivity index (χ3n) is 4.19. The molecule has 0 spiro atoms. The average molecular weight is 367 g/mol. The topological polar surface area (TPSA) is 88.6 Å². The number of carbonyl (C=O) groups is 3. The number of hydrogen-bond acceptors (Lipinski definition) is 6. The molecule has 1 aromatic rings. The van der Waals surface area contributed by atoms with Crippen LogP contribution in [-0.2, 0) is 14.3 Å². The third-order valence-corrected chi connectivity index (χ3v) is 5.24. The first-order valence-corrected chi connectivity index (χ1v) is 9.11. The fourth-order valence-corrected chi connectivity index (χ4v) is 3.65. The van der Waals surface area contributed by atoms with Crippen molar-refractivity contribution in [2.45, 2.75) is 40.5 Å². The average Bonchev–Trinajstić information content (AvgIpc) is 2.93. The zero-order valence-electron chi connectivity index (χ0n) is 15.3. The van der Waals surface area contributed by atoms with E-state index in [0.717, 1.165) is 11.3 Å². The maximum absolute atomic E-state index is 12.4. The molecule has 1 saturated heterocycles. The van der Waals surface area contributed by atoms with Crippen molar-refractivity contribution in [3.05, 3.63) is 10.6 Å². The number of piperidine rings is 1. The molecule has 25 heavy (non-hydrogen) atoms. The Balaban J connectivity index is 1.93. The molecule has 2 amide bonds. The molecule has 0 aromatic carbocycles. The van der Waals surface area contributed by atoms with Gasteiger partial charge in [0.25, 0.3) is 0 Å². The normalized spacial score (nSPS) is 15.8. The highest BCUT2D eigenvalue weighted by Crippen LogP contribution is 2.27. The van der Waals surface area contributed by atoms with Crippen LogP contribution in [0.15, 0.2) is 0 Å². The Kier molecular flexibility index (Phi) is 5.82. The van der Waals surface area contributed by atoms with Crippen molar-refractivity contribution in [1.82, 2.24) is 9.88 Å². The number of rotatable bonds is 3. The van der Waals surface area contributed by atoms with Crippen molar-refractivity contribution in [2.75, 3.05) is 25.5 Å². The summed E-state index contributed by atoms with van der Waals surface area (Å²) in [6.07, 6.45) is 1.25. The fourth-order valence-electron chi connectivity index (χ4n) is 2.76. The Morgan fingerprint density at radius 1 is 1.24 bits per heavy atom. The summed E-state index contributed by atoms with van der Waals surface area (Å²) in [4.78, 5) is 42.8. The number of ether oxygens (including phenoxy) is 1. The monoisotopic (exact) mass is 367 g/mol. The number of aromatic nitrogens is 1. The summed E-state index contributed by atoms with van der Waals surface area (Å²) in [6.45, 7) is 8.57. The maximum Gasteiger partial charge on any atom is 0.350 e.